The predicted octanol–water partition coefficient (Wildman–Crippen LogP) is 2.55. The molecule has 2 rings (SSSR count). The zero-order chi connectivity index (χ0) is 19.3. The van der Waals surface area contributed by atoms with Gasteiger partial charge in [-0.1, -0.05) is 12.1 Å². The molecule has 0 unspecified atom stereocenters. The fraction of sp³-hybridized carbons (Fsp3) is 0.176. The number of halogens is 1. The second-order valence-electron chi connectivity index (χ2n) is 5.45. The lowest BCUT2D eigenvalue weighted by atomic mass is 10.1. The maximum absolute atomic E-state index is 13.5. The van der Waals surface area contributed by atoms with Crippen LogP contribution in [0.15, 0.2) is 41.3 Å². The molecule has 0 atom stereocenters. The summed E-state index contributed by atoms with van der Waals surface area (Å²) in [6.45, 7) is 1.80. The standard InChI is InChI=1S/C17H16FN3O4S/c1-10-2-3-11(6-13(10)18)8-20-16(22)9-26-15-5-4-12(17(19)23)7-14(15)21(24)25/h2-7H,8-9H2,1H3,(H2,19,23)(H,20,22). The van der Waals surface area contributed by atoms with Crippen molar-refractivity contribution in [1.29, 1.82) is 0 Å². The van der Waals surface area contributed by atoms with E-state index >= 15 is 0 Å². The first-order valence-electron chi connectivity index (χ1n) is 7.50. The Hall–Kier alpha value is -2.94. The molecule has 26 heavy (non-hydrogen) atoms. The highest BCUT2D eigenvalue weighted by Gasteiger charge is 2.18. The smallest absolute Gasteiger partial charge is 0.283 e. The Bertz CT molecular complexity index is 873. The molecule has 0 heterocycles. The van der Waals surface area contributed by atoms with Gasteiger partial charge in [0, 0.05) is 18.2 Å². The van der Waals surface area contributed by atoms with Gasteiger partial charge in [-0.05, 0) is 36.2 Å². The molecular formula is C17H16FN3O4S. The van der Waals surface area contributed by atoms with Crippen LogP contribution in [0.3, 0.4) is 0 Å². The summed E-state index contributed by atoms with van der Waals surface area (Å²) in [5.41, 5.74) is 5.97. The van der Waals surface area contributed by atoms with E-state index in [0.29, 0.717) is 11.1 Å². The highest BCUT2D eigenvalue weighted by atomic mass is 32.2. The van der Waals surface area contributed by atoms with E-state index in [9.17, 15) is 24.1 Å². The Morgan fingerprint density at radius 2 is 2.00 bits per heavy atom. The fourth-order valence-electron chi connectivity index (χ4n) is 2.08. The lowest BCUT2D eigenvalue weighted by Crippen LogP contribution is -2.24. The third-order valence-corrected chi connectivity index (χ3v) is 4.59. The van der Waals surface area contributed by atoms with Crippen LogP contribution in [-0.4, -0.2) is 22.5 Å². The van der Waals surface area contributed by atoms with Gasteiger partial charge in [0.2, 0.25) is 11.8 Å². The van der Waals surface area contributed by atoms with Crippen molar-refractivity contribution in [3.05, 3.63) is 69.0 Å². The molecule has 2 amide bonds. The van der Waals surface area contributed by atoms with E-state index < -0.39 is 10.8 Å². The van der Waals surface area contributed by atoms with Crippen molar-refractivity contribution in [1.82, 2.24) is 5.32 Å². The molecule has 9 heteroatoms. The van der Waals surface area contributed by atoms with Gasteiger partial charge in [-0.15, -0.1) is 11.8 Å². The van der Waals surface area contributed by atoms with Crippen molar-refractivity contribution in [2.75, 3.05) is 5.75 Å². The van der Waals surface area contributed by atoms with Crippen LogP contribution in [0.1, 0.15) is 21.5 Å². The first kappa shape index (κ1) is 19.4. The fourth-order valence-corrected chi connectivity index (χ4v) is 2.91. The molecule has 0 aliphatic heterocycles. The van der Waals surface area contributed by atoms with Crippen LogP contribution < -0.4 is 11.1 Å². The summed E-state index contributed by atoms with van der Waals surface area (Å²) in [5, 5.41) is 13.7. The Morgan fingerprint density at radius 3 is 2.62 bits per heavy atom. The van der Waals surface area contributed by atoms with Crippen LogP contribution in [-0.2, 0) is 11.3 Å². The predicted molar refractivity (Wildman–Crippen MR) is 95.3 cm³/mol. The van der Waals surface area contributed by atoms with Gasteiger partial charge in [0.15, 0.2) is 0 Å². The molecule has 0 fully saturated rings. The quantitative estimate of drug-likeness (QED) is 0.437. The number of thioether (sulfide) groups is 1. The minimum Gasteiger partial charge on any atom is -0.366 e. The third-order valence-electron chi connectivity index (χ3n) is 3.52. The van der Waals surface area contributed by atoms with Gasteiger partial charge in [-0.3, -0.25) is 19.7 Å². The van der Waals surface area contributed by atoms with Gasteiger partial charge in [-0.25, -0.2) is 4.39 Å². The lowest BCUT2D eigenvalue weighted by Gasteiger charge is -2.07. The molecule has 0 aromatic heterocycles. The largest absolute Gasteiger partial charge is 0.366 e. The Balaban J connectivity index is 1.97. The zero-order valence-electron chi connectivity index (χ0n) is 13.8. The third kappa shape index (κ3) is 5.03. The van der Waals surface area contributed by atoms with Crippen LogP contribution in [0.25, 0.3) is 0 Å². The lowest BCUT2D eigenvalue weighted by molar-refractivity contribution is -0.387. The van der Waals surface area contributed by atoms with E-state index in [1.807, 2.05) is 0 Å². The van der Waals surface area contributed by atoms with E-state index in [1.54, 1.807) is 19.1 Å². The summed E-state index contributed by atoms with van der Waals surface area (Å²) in [6.07, 6.45) is 0. The topological polar surface area (TPSA) is 115 Å². The maximum atomic E-state index is 13.5. The molecule has 3 N–H and O–H groups in total. The highest BCUT2D eigenvalue weighted by Crippen LogP contribution is 2.29. The molecule has 0 radical (unpaired) electrons. The molecule has 0 aliphatic rings. The van der Waals surface area contributed by atoms with Crippen molar-refractivity contribution in [3.63, 3.8) is 0 Å². The zero-order valence-corrected chi connectivity index (χ0v) is 14.6. The number of hydrogen-bond donors (Lipinski definition) is 2. The monoisotopic (exact) mass is 377 g/mol. The van der Waals surface area contributed by atoms with Gasteiger partial charge in [0.05, 0.1) is 15.6 Å². The number of nitrogens with zero attached hydrogens (tertiary/aromatic N) is 1. The van der Waals surface area contributed by atoms with E-state index in [0.717, 1.165) is 17.8 Å². The van der Waals surface area contributed by atoms with Crippen molar-refractivity contribution < 1.29 is 18.9 Å². The maximum Gasteiger partial charge on any atom is 0.283 e. The molecule has 2 aromatic carbocycles. The molecular weight excluding hydrogens is 361 g/mol. The molecule has 2 aromatic rings. The van der Waals surface area contributed by atoms with Crippen molar-refractivity contribution >= 4 is 29.3 Å². The SMILES string of the molecule is Cc1ccc(CNC(=O)CSc2ccc(C(N)=O)cc2[N+](=O)[O-])cc1F. The van der Waals surface area contributed by atoms with E-state index in [-0.39, 0.29) is 40.2 Å². The average molecular weight is 377 g/mol. The number of benzene rings is 2. The molecule has 7 nitrogen and oxygen atoms in total. The number of nitrogens with two attached hydrogens (primary N) is 1. The number of nitro groups is 1. The second kappa shape index (κ2) is 8.43. The molecule has 0 bridgehead atoms. The van der Waals surface area contributed by atoms with Gasteiger partial charge in [0.1, 0.15) is 5.82 Å². The van der Waals surface area contributed by atoms with E-state index in [1.165, 1.54) is 18.2 Å². The van der Waals surface area contributed by atoms with Crippen LogP contribution in [0.5, 0.6) is 0 Å². The number of amides is 2. The summed E-state index contributed by atoms with van der Waals surface area (Å²) in [5.74, 6) is -1.54. The number of carbonyl (C=O) groups excluding carboxylic acids is 2. The first-order valence-corrected chi connectivity index (χ1v) is 8.49. The first-order chi connectivity index (χ1) is 12.3. The highest BCUT2D eigenvalue weighted by molar-refractivity contribution is 8.00. The summed E-state index contributed by atoms with van der Waals surface area (Å²) < 4.78 is 13.5. The summed E-state index contributed by atoms with van der Waals surface area (Å²) in [4.78, 5) is 33.8. The number of nitrogens with one attached hydrogen (secondary N) is 1. The van der Waals surface area contributed by atoms with Crippen molar-refractivity contribution in [2.24, 2.45) is 5.73 Å². The Kier molecular flexibility index (Phi) is 6.29. The second-order valence-corrected chi connectivity index (χ2v) is 6.47. The van der Waals surface area contributed by atoms with Crippen LogP contribution in [0.4, 0.5) is 10.1 Å². The number of primary amides is 1. The number of aryl methyl sites for hydroxylation is 1. The molecule has 0 spiro atoms. The molecule has 0 saturated heterocycles. The number of carbonyl (C=O) groups is 2. The summed E-state index contributed by atoms with van der Waals surface area (Å²) in [6, 6.07) is 8.50. The summed E-state index contributed by atoms with van der Waals surface area (Å²) >= 11 is 0.965. The molecule has 136 valence electrons. The van der Waals surface area contributed by atoms with Crippen molar-refractivity contribution in [2.45, 2.75) is 18.4 Å². The Labute approximate surface area is 152 Å². The summed E-state index contributed by atoms with van der Waals surface area (Å²) in [7, 11) is 0. The number of rotatable bonds is 7. The minimum absolute atomic E-state index is 0.0203. The average Bonchev–Trinajstić information content (AvgIpc) is 2.60. The molecule has 0 saturated carbocycles. The van der Waals surface area contributed by atoms with Crippen molar-refractivity contribution in [3.8, 4) is 0 Å². The Morgan fingerprint density at radius 1 is 1.27 bits per heavy atom. The van der Waals surface area contributed by atoms with E-state index in [2.05, 4.69) is 5.32 Å². The number of nitro benzene ring substituents is 1. The van der Waals surface area contributed by atoms with Gasteiger partial charge in [-0.2, -0.15) is 0 Å². The minimum atomic E-state index is -0.771. The van der Waals surface area contributed by atoms with Gasteiger partial charge < -0.3 is 11.1 Å². The van der Waals surface area contributed by atoms with Crippen LogP contribution in [0, 0.1) is 22.9 Å². The van der Waals surface area contributed by atoms with Gasteiger partial charge in [0.25, 0.3) is 5.69 Å². The normalized spacial score (nSPS) is 10.4. The number of hydrogen-bond acceptors (Lipinski definition) is 5. The van der Waals surface area contributed by atoms with E-state index in [4.69, 9.17) is 5.73 Å². The van der Waals surface area contributed by atoms with Crippen LogP contribution >= 0.6 is 11.8 Å². The molecule has 0 aliphatic carbocycles. The van der Waals surface area contributed by atoms with Crippen LogP contribution in [0.2, 0.25) is 0 Å². The van der Waals surface area contributed by atoms with Gasteiger partial charge >= 0.3 is 0 Å².